The van der Waals surface area contributed by atoms with Gasteiger partial charge in [-0.1, -0.05) is 0 Å². The van der Waals surface area contributed by atoms with E-state index in [1.165, 1.54) is 0 Å². The molecule has 0 bridgehead atoms. The fourth-order valence-corrected chi connectivity index (χ4v) is 3.82. The molecule has 1 atom stereocenters. The fourth-order valence-electron chi connectivity index (χ4n) is 2.94. The third-order valence-electron chi connectivity index (χ3n) is 4.15. The summed E-state index contributed by atoms with van der Waals surface area (Å²) in [6.07, 6.45) is 0.507. The van der Waals surface area contributed by atoms with Crippen LogP contribution in [0.25, 0.3) is 0 Å². The smallest absolute Gasteiger partial charge is 0.221 e. The lowest BCUT2D eigenvalue weighted by atomic mass is 10.2. The largest absolute Gasteiger partial charge is 0.486 e. The molecule has 0 spiro atoms. The van der Waals surface area contributed by atoms with Gasteiger partial charge in [0.1, 0.15) is 13.2 Å². The third-order valence-corrected chi connectivity index (χ3v) is 5.15. The zero-order chi connectivity index (χ0) is 17.5. The second-order valence-corrected chi connectivity index (χ2v) is 7.45. The Kier molecular flexibility index (Phi) is 6.84. The predicted octanol–water partition coefficient (Wildman–Crippen LogP) is 1.78. The molecule has 0 saturated carbocycles. The number of rotatable bonds is 7. The molecule has 0 aliphatic carbocycles. The van der Waals surface area contributed by atoms with Gasteiger partial charge in [0.25, 0.3) is 0 Å². The molecule has 7 heteroatoms. The van der Waals surface area contributed by atoms with Gasteiger partial charge in [-0.2, -0.15) is 0 Å². The summed E-state index contributed by atoms with van der Waals surface area (Å²) in [5.41, 5.74) is 0. The normalized spacial score (nSPS) is 18.6. The molecule has 1 saturated heterocycles. The van der Waals surface area contributed by atoms with Gasteiger partial charge in [-0.05, 0) is 25.1 Å². The Hall–Kier alpha value is -1.44. The van der Waals surface area contributed by atoms with Gasteiger partial charge in [0.15, 0.2) is 11.5 Å². The number of carbonyl (C=O) groups excluding carboxylic acids is 1. The molecule has 0 unspecified atom stereocenters. The Morgan fingerprint density at radius 3 is 2.76 bits per heavy atom. The van der Waals surface area contributed by atoms with Crippen molar-refractivity contribution in [1.29, 1.82) is 0 Å². The molecule has 2 aliphatic heterocycles. The number of carbonyl (C=O) groups is 1. The van der Waals surface area contributed by atoms with Gasteiger partial charge in [0.05, 0.1) is 13.2 Å². The zero-order valence-corrected chi connectivity index (χ0v) is 15.5. The van der Waals surface area contributed by atoms with E-state index >= 15 is 0 Å². The number of amides is 1. The minimum Gasteiger partial charge on any atom is -0.486 e. The Bertz CT molecular complexity index is 578. The van der Waals surface area contributed by atoms with Crippen LogP contribution in [-0.2, 0) is 9.53 Å². The highest BCUT2D eigenvalue weighted by Gasteiger charge is 2.15. The topological polar surface area (TPSA) is 60.0 Å². The zero-order valence-electron chi connectivity index (χ0n) is 14.7. The first kappa shape index (κ1) is 18.4. The summed E-state index contributed by atoms with van der Waals surface area (Å²) in [5.74, 6) is 2.44. The molecule has 1 amide bonds. The van der Waals surface area contributed by atoms with E-state index in [9.17, 15) is 4.79 Å². The van der Waals surface area contributed by atoms with Gasteiger partial charge in [-0.3, -0.25) is 9.69 Å². The standard InChI is InChI=1S/C18H26N2O4S/c1-14(13-20-5-7-22-8-6-20)19-18(21)4-11-25-15-2-3-16-17(12-15)24-10-9-23-16/h2-3,12,14H,4-11,13H2,1H3,(H,19,21)/t14-/m0/s1. The maximum absolute atomic E-state index is 12.1. The number of hydrogen-bond donors (Lipinski definition) is 1. The second-order valence-electron chi connectivity index (χ2n) is 6.29. The van der Waals surface area contributed by atoms with Crippen molar-refractivity contribution in [1.82, 2.24) is 10.2 Å². The highest BCUT2D eigenvalue weighted by Crippen LogP contribution is 2.34. The summed E-state index contributed by atoms with van der Waals surface area (Å²) >= 11 is 1.66. The summed E-state index contributed by atoms with van der Waals surface area (Å²) in [5, 5.41) is 3.08. The second kappa shape index (κ2) is 9.31. The Morgan fingerprint density at radius 1 is 1.20 bits per heavy atom. The molecule has 1 aromatic carbocycles. The van der Waals surface area contributed by atoms with E-state index < -0.39 is 0 Å². The van der Waals surface area contributed by atoms with Crippen LogP contribution in [0, 0.1) is 0 Å². The van der Waals surface area contributed by atoms with E-state index in [0.717, 1.165) is 55.0 Å². The lowest BCUT2D eigenvalue weighted by Gasteiger charge is -2.29. The monoisotopic (exact) mass is 366 g/mol. The highest BCUT2D eigenvalue weighted by atomic mass is 32.2. The number of nitrogens with one attached hydrogen (secondary N) is 1. The predicted molar refractivity (Wildman–Crippen MR) is 97.6 cm³/mol. The van der Waals surface area contributed by atoms with Crippen LogP contribution in [-0.4, -0.2) is 68.7 Å². The number of morpholine rings is 1. The third kappa shape index (κ3) is 5.80. The van der Waals surface area contributed by atoms with Crippen molar-refractivity contribution < 1.29 is 19.0 Å². The van der Waals surface area contributed by atoms with E-state index in [-0.39, 0.29) is 11.9 Å². The molecule has 0 aromatic heterocycles. The first-order valence-electron chi connectivity index (χ1n) is 8.82. The molecule has 3 rings (SSSR count). The van der Waals surface area contributed by atoms with E-state index in [0.29, 0.717) is 19.6 Å². The van der Waals surface area contributed by atoms with E-state index in [1.807, 2.05) is 18.2 Å². The van der Waals surface area contributed by atoms with Gasteiger partial charge in [0, 0.05) is 42.7 Å². The molecular formula is C18H26N2O4S. The van der Waals surface area contributed by atoms with Gasteiger partial charge >= 0.3 is 0 Å². The van der Waals surface area contributed by atoms with E-state index in [4.69, 9.17) is 14.2 Å². The van der Waals surface area contributed by atoms with E-state index in [1.54, 1.807) is 11.8 Å². The van der Waals surface area contributed by atoms with Crippen LogP contribution >= 0.6 is 11.8 Å². The first-order valence-corrected chi connectivity index (χ1v) is 9.81. The van der Waals surface area contributed by atoms with Crippen molar-refractivity contribution in [2.24, 2.45) is 0 Å². The molecule has 1 aromatic rings. The molecule has 1 fully saturated rings. The maximum atomic E-state index is 12.1. The number of thioether (sulfide) groups is 1. The summed E-state index contributed by atoms with van der Waals surface area (Å²) in [6, 6.07) is 6.08. The van der Waals surface area contributed by atoms with Crippen LogP contribution in [0.2, 0.25) is 0 Å². The summed E-state index contributed by atoms with van der Waals surface area (Å²) < 4.78 is 16.4. The molecule has 138 valence electrons. The number of benzene rings is 1. The summed E-state index contributed by atoms with van der Waals surface area (Å²) in [7, 11) is 0. The Balaban J connectivity index is 1.36. The van der Waals surface area contributed by atoms with Crippen LogP contribution in [0.3, 0.4) is 0 Å². The van der Waals surface area contributed by atoms with E-state index in [2.05, 4.69) is 17.1 Å². The van der Waals surface area contributed by atoms with Crippen LogP contribution in [0.15, 0.2) is 23.1 Å². The fraction of sp³-hybridized carbons (Fsp3) is 0.611. The van der Waals surface area contributed by atoms with Crippen molar-refractivity contribution in [3.05, 3.63) is 18.2 Å². The highest BCUT2D eigenvalue weighted by molar-refractivity contribution is 7.99. The van der Waals surface area contributed by atoms with Crippen molar-refractivity contribution in [3.63, 3.8) is 0 Å². The molecule has 1 N–H and O–H groups in total. The average Bonchev–Trinajstić information content (AvgIpc) is 2.62. The van der Waals surface area contributed by atoms with Crippen LogP contribution < -0.4 is 14.8 Å². The molecule has 0 radical (unpaired) electrons. The minimum atomic E-state index is 0.103. The van der Waals surface area contributed by atoms with Crippen LogP contribution in [0.4, 0.5) is 0 Å². The lowest BCUT2D eigenvalue weighted by Crippen LogP contribution is -2.46. The summed E-state index contributed by atoms with van der Waals surface area (Å²) in [6.45, 7) is 7.58. The maximum Gasteiger partial charge on any atom is 0.221 e. The van der Waals surface area contributed by atoms with Crippen molar-refractivity contribution >= 4 is 17.7 Å². The molecule has 25 heavy (non-hydrogen) atoms. The van der Waals surface area contributed by atoms with Gasteiger partial charge in [-0.15, -0.1) is 11.8 Å². The molecule has 2 aliphatic rings. The first-order chi connectivity index (χ1) is 12.2. The average molecular weight is 366 g/mol. The van der Waals surface area contributed by atoms with Crippen molar-refractivity contribution in [3.8, 4) is 11.5 Å². The number of hydrogen-bond acceptors (Lipinski definition) is 6. The van der Waals surface area contributed by atoms with Crippen LogP contribution in [0.1, 0.15) is 13.3 Å². The van der Waals surface area contributed by atoms with Crippen LogP contribution in [0.5, 0.6) is 11.5 Å². The lowest BCUT2D eigenvalue weighted by molar-refractivity contribution is -0.121. The van der Waals surface area contributed by atoms with Gasteiger partial charge in [0.2, 0.25) is 5.91 Å². The number of fused-ring (bicyclic) bond motifs is 1. The molecule has 2 heterocycles. The Labute approximate surface area is 153 Å². The summed E-state index contributed by atoms with van der Waals surface area (Å²) in [4.78, 5) is 15.5. The molecular weight excluding hydrogens is 340 g/mol. The van der Waals surface area contributed by atoms with Crippen molar-refractivity contribution in [2.45, 2.75) is 24.3 Å². The van der Waals surface area contributed by atoms with Gasteiger partial charge < -0.3 is 19.5 Å². The number of nitrogens with zero attached hydrogens (tertiary/aromatic N) is 1. The minimum absolute atomic E-state index is 0.103. The Morgan fingerprint density at radius 2 is 1.96 bits per heavy atom. The van der Waals surface area contributed by atoms with Gasteiger partial charge in [-0.25, -0.2) is 0 Å². The molecule has 6 nitrogen and oxygen atoms in total. The van der Waals surface area contributed by atoms with Crippen molar-refractivity contribution in [2.75, 3.05) is 51.8 Å². The SMILES string of the molecule is C[C@@H](CN1CCOCC1)NC(=O)CCSc1ccc2c(c1)OCCO2. The quantitative estimate of drug-likeness (QED) is 0.743. The number of ether oxygens (including phenoxy) is 3.